The van der Waals surface area contributed by atoms with E-state index in [2.05, 4.69) is 20.6 Å². The third-order valence-electron chi connectivity index (χ3n) is 1.51. The zero-order valence-corrected chi connectivity index (χ0v) is 7.57. The summed E-state index contributed by atoms with van der Waals surface area (Å²) in [5.41, 5.74) is 0. The molecule has 0 aliphatic rings. The monoisotopic (exact) mass is 206 g/mol. The van der Waals surface area contributed by atoms with Gasteiger partial charge in [-0.3, -0.25) is 0 Å². The summed E-state index contributed by atoms with van der Waals surface area (Å²) in [6.45, 7) is 0. The van der Waals surface area contributed by atoms with E-state index < -0.39 is 7.32 Å². The summed E-state index contributed by atoms with van der Waals surface area (Å²) < 4.78 is 9.77. The molecule has 0 bridgehead atoms. The highest BCUT2D eigenvalue weighted by molar-refractivity contribution is 6.36. The van der Waals surface area contributed by atoms with Crippen molar-refractivity contribution in [2.75, 3.05) is 0 Å². The van der Waals surface area contributed by atoms with Crippen LogP contribution in [-0.2, 0) is 0 Å². The summed E-state index contributed by atoms with van der Waals surface area (Å²) in [5.74, 6) is 0.480. The van der Waals surface area contributed by atoms with E-state index in [9.17, 15) is 5.02 Å². The first-order valence-corrected chi connectivity index (χ1v) is 4.14. The van der Waals surface area contributed by atoms with Crippen LogP contribution in [-0.4, -0.2) is 33.0 Å². The van der Waals surface area contributed by atoms with Crippen LogP contribution in [0.15, 0.2) is 30.3 Å². The molecular weight excluding hydrogens is 199 g/mol. The molecule has 0 saturated heterocycles. The second-order valence-electron chi connectivity index (χ2n) is 2.55. The van der Waals surface area contributed by atoms with Gasteiger partial charge in [-0.25, -0.2) is 0 Å². The maximum absolute atomic E-state index is 9.31. The van der Waals surface area contributed by atoms with E-state index >= 15 is 0 Å². The van der Waals surface area contributed by atoms with Crippen LogP contribution in [0.4, 0.5) is 0 Å². The predicted molar refractivity (Wildman–Crippen MR) is 49.8 cm³/mol. The zero-order valence-electron chi connectivity index (χ0n) is 7.57. The van der Waals surface area contributed by atoms with Crippen molar-refractivity contribution in [2.24, 2.45) is 0 Å². The molecule has 1 aromatic carbocycles. The molecule has 7 nitrogen and oxygen atoms in total. The lowest BCUT2D eigenvalue weighted by molar-refractivity contribution is 0.287. The maximum atomic E-state index is 9.31. The van der Waals surface area contributed by atoms with Crippen molar-refractivity contribution in [1.82, 2.24) is 20.6 Å². The van der Waals surface area contributed by atoms with Crippen LogP contribution < -0.4 is 9.31 Å². The summed E-state index contributed by atoms with van der Waals surface area (Å²) in [6, 6.07) is 8.66. The van der Waals surface area contributed by atoms with Gasteiger partial charge in [0.05, 0.1) is 0 Å². The lowest BCUT2D eigenvalue weighted by Crippen LogP contribution is -2.30. The average molecular weight is 206 g/mol. The molecule has 1 aromatic heterocycles. The molecule has 0 spiro atoms. The minimum atomic E-state index is -1.47. The molecule has 0 unspecified atom stereocenters. The largest absolute Gasteiger partial charge is 0.787 e. The standard InChI is InChI=1S/C7H7BN4O3/c13-8(15-7-9-11-12-10-7)14-6-4-2-1-3-5-6/h1-5,13H,(H,9,10,11,12). The summed E-state index contributed by atoms with van der Waals surface area (Å²) in [5, 5.41) is 21.7. The number of rotatable bonds is 4. The lowest BCUT2D eigenvalue weighted by Gasteiger charge is -2.06. The van der Waals surface area contributed by atoms with E-state index in [1.54, 1.807) is 24.3 Å². The molecule has 8 heteroatoms. The molecule has 0 aliphatic carbocycles. The van der Waals surface area contributed by atoms with Gasteiger partial charge in [0, 0.05) is 0 Å². The van der Waals surface area contributed by atoms with Crippen LogP contribution in [0.25, 0.3) is 0 Å². The molecule has 0 fully saturated rings. The van der Waals surface area contributed by atoms with Gasteiger partial charge < -0.3 is 14.3 Å². The van der Waals surface area contributed by atoms with Gasteiger partial charge in [-0.1, -0.05) is 28.4 Å². The average Bonchev–Trinajstić information content (AvgIpc) is 2.71. The Kier molecular flexibility index (Phi) is 2.79. The smallest absolute Gasteiger partial charge is 0.501 e. The van der Waals surface area contributed by atoms with E-state index in [0.717, 1.165) is 0 Å². The van der Waals surface area contributed by atoms with Gasteiger partial charge in [-0.05, 0) is 17.3 Å². The van der Waals surface area contributed by atoms with Crippen LogP contribution in [0.3, 0.4) is 0 Å². The van der Waals surface area contributed by atoms with Gasteiger partial charge in [-0.15, -0.1) is 0 Å². The first kappa shape index (κ1) is 9.47. The van der Waals surface area contributed by atoms with Crippen molar-refractivity contribution in [2.45, 2.75) is 0 Å². The summed E-state index contributed by atoms with van der Waals surface area (Å²) >= 11 is 0. The number of hydrogen-bond donors (Lipinski definition) is 2. The number of H-pyrrole nitrogens is 1. The van der Waals surface area contributed by atoms with Crippen LogP contribution in [0.5, 0.6) is 11.8 Å². The summed E-state index contributed by atoms with van der Waals surface area (Å²) in [6.07, 6.45) is 0. The highest BCUT2D eigenvalue weighted by Crippen LogP contribution is 2.09. The Morgan fingerprint density at radius 2 is 2.00 bits per heavy atom. The van der Waals surface area contributed by atoms with E-state index in [0.29, 0.717) is 5.75 Å². The number of aromatic amines is 1. The van der Waals surface area contributed by atoms with Gasteiger partial charge in [0.25, 0.3) is 0 Å². The molecule has 0 amide bonds. The molecule has 2 N–H and O–H groups in total. The van der Waals surface area contributed by atoms with E-state index in [1.807, 2.05) is 6.07 Å². The number of benzene rings is 1. The number of tetrazole rings is 1. The fourth-order valence-corrected chi connectivity index (χ4v) is 0.932. The number of aromatic nitrogens is 4. The highest BCUT2D eigenvalue weighted by atomic mass is 16.7. The van der Waals surface area contributed by atoms with Crippen LogP contribution in [0.1, 0.15) is 0 Å². The van der Waals surface area contributed by atoms with Crippen molar-refractivity contribution in [1.29, 1.82) is 0 Å². The molecule has 15 heavy (non-hydrogen) atoms. The third-order valence-corrected chi connectivity index (χ3v) is 1.51. The fraction of sp³-hybridized carbons (Fsp3) is 0. The molecule has 76 valence electrons. The lowest BCUT2D eigenvalue weighted by atomic mass is 10.2. The maximum Gasteiger partial charge on any atom is 0.787 e. The Bertz CT molecular complexity index is 396. The van der Waals surface area contributed by atoms with Crippen LogP contribution >= 0.6 is 0 Å². The Morgan fingerprint density at radius 1 is 1.20 bits per heavy atom. The topological polar surface area (TPSA) is 93.1 Å². The minimum absolute atomic E-state index is 0.0848. The minimum Gasteiger partial charge on any atom is -0.501 e. The third kappa shape index (κ3) is 2.68. The molecule has 1 heterocycles. The normalized spacial score (nSPS) is 9.67. The van der Waals surface area contributed by atoms with Gasteiger partial charge in [-0.2, -0.15) is 5.21 Å². The van der Waals surface area contributed by atoms with Crippen molar-refractivity contribution in [3.05, 3.63) is 30.3 Å². The van der Waals surface area contributed by atoms with Gasteiger partial charge in [0.2, 0.25) is 0 Å². The fourth-order valence-electron chi connectivity index (χ4n) is 0.932. The number of nitrogens with one attached hydrogen (secondary N) is 1. The van der Waals surface area contributed by atoms with E-state index in [-0.39, 0.29) is 6.01 Å². The van der Waals surface area contributed by atoms with Crippen LogP contribution in [0, 0.1) is 0 Å². The molecule has 2 aromatic rings. The predicted octanol–water partition coefficient (Wildman–Crippen LogP) is -0.365. The number of nitrogens with zero attached hydrogens (tertiary/aromatic N) is 3. The van der Waals surface area contributed by atoms with Crippen molar-refractivity contribution >= 4 is 7.32 Å². The molecule has 0 atom stereocenters. The Hall–Kier alpha value is -2.09. The number of hydrogen-bond acceptors (Lipinski definition) is 6. The summed E-state index contributed by atoms with van der Waals surface area (Å²) in [4.78, 5) is 0. The van der Waals surface area contributed by atoms with Crippen molar-refractivity contribution < 1.29 is 14.3 Å². The SMILES string of the molecule is OB(Oc1ccccc1)Oc1nn[nH]n1. The van der Waals surface area contributed by atoms with Crippen molar-refractivity contribution in [3.63, 3.8) is 0 Å². The van der Waals surface area contributed by atoms with Gasteiger partial charge in [0.1, 0.15) is 5.75 Å². The van der Waals surface area contributed by atoms with Crippen molar-refractivity contribution in [3.8, 4) is 11.8 Å². The molecule has 0 saturated carbocycles. The summed E-state index contributed by atoms with van der Waals surface area (Å²) in [7, 11) is -1.47. The molecule has 0 aliphatic heterocycles. The molecular formula is C7H7BN4O3. The van der Waals surface area contributed by atoms with Crippen LogP contribution in [0.2, 0.25) is 0 Å². The number of para-hydroxylation sites is 1. The van der Waals surface area contributed by atoms with Gasteiger partial charge >= 0.3 is 13.3 Å². The highest BCUT2D eigenvalue weighted by Gasteiger charge is 2.22. The second kappa shape index (κ2) is 4.42. The Morgan fingerprint density at radius 3 is 2.67 bits per heavy atom. The first-order valence-electron chi connectivity index (χ1n) is 4.14. The van der Waals surface area contributed by atoms with Gasteiger partial charge in [0.15, 0.2) is 0 Å². The second-order valence-corrected chi connectivity index (χ2v) is 2.55. The first-order chi connectivity index (χ1) is 7.34. The van der Waals surface area contributed by atoms with E-state index in [1.165, 1.54) is 0 Å². The molecule has 0 radical (unpaired) electrons. The molecule has 2 rings (SSSR count). The zero-order chi connectivity index (χ0) is 10.5. The Balaban J connectivity index is 1.90. The quantitative estimate of drug-likeness (QED) is 0.663. The van der Waals surface area contributed by atoms with E-state index in [4.69, 9.17) is 9.31 Å². The Labute approximate surface area is 85.2 Å².